The molecule has 31 heavy (non-hydrogen) atoms. The molecular weight excluding hydrogens is 390 g/mol. The average Bonchev–Trinajstić information content (AvgIpc) is 3.05. The van der Waals surface area contributed by atoms with Crippen molar-refractivity contribution in [1.82, 2.24) is 23.6 Å². The van der Waals surface area contributed by atoms with Crippen LogP contribution in [0.2, 0.25) is 0 Å². The SMILES string of the molecule is Cc1ccc(C)c(Cn2c(CN3CC(C)CC(C)C3)nc3c2c(=O)n(C)c(=O)n3C)c1. The summed E-state index contributed by atoms with van der Waals surface area (Å²) in [6, 6.07) is 6.39. The van der Waals surface area contributed by atoms with Crippen LogP contribution < -0.4 is 11.2 Å². The fourth-order valence-electron chi connectivity index (χ4n) is 5.04. The third-order valence-corrected chi connectivity index (χ3v) is 6.57. The second-order valence-corrected chi connectivity index (χ2v) is 9.56. The maximum absolute atomic E-state index is 13.1. The van der Waals surface area contributed by atoms with Crippen LogP contribution in [0.5, 0.6) is 0 Å². The quantitative estimate of drug-likeness (QED) is 0.647. The van der Waals surface area contributed by atoms with E-state index in [1.54, 1.807) is 7.05 Å². The molecule has 7 heteroatoms. The highest BCUT2D eigenvalue weighted by atomic mass is 16.2. The summed E-state index contributed by atoms with van der Waals surface area (Å²) < 4.78 is 4.70. The van der Waals surface area contributed by atoms with E-state index in [0.29, 0.717) is 36.1 Å². The average molecular weight is 424 g/mol. The van der Waals surface area contributed by atoms with Crippen molar-refractivity contribution in [3.63, 3.8) is 0 Å². The lowest BCUT2D eigenvalue weighted by atomic mass is 9.92. The summed E-state index contributed by atoms with van der Waals surface area (Å²) in [6.07, 6.45) is 1.24. The van der Waals surface area contributed by atoms with Gasteiger partial charge in [-0.2, -0.15) is 0 Å². The van der Waals surface area contributed by atoms with Crippen LogP contribution in [0.4, 0.5) is 0 Å². The van der Waals surface area contributed by atoms with Crippen molar-refractivity contribution in [3.8, 4) is 0 Å². The van der Waals surface area contributed by atoms with Crippen molar-refractivity contribution < 1.29 is 0 Å². The van der Waals surface area contributed by atoms with Gasteiger partial charge in [0.15, 0.2) is 11.2 Å². The van der Waals surface area contributed by atoms with Gasteiger partial charge in [-0.05, 0) is 43.2 Å². The standard InChI is InChI=1S/C24H33N5O2/c1-15-7-8-18(4)19(10-15)13-29-20(14-28-11-16(2)9-17(3)12-28)25-22-21(29)23(30)27(6)24(31)26(22)5/h7-8,10,16-17H,9,11-14H2,1-6H3. The highest BCUT2D eigenvalue weighted by Gasteiger charge is 2.25. The maximum Gasteiger partial charge on any atom is 0.332 e. The summed E-state index contributed by atoms with van der Waals surface area (Å²) in [5, 5.41) is 0. The molecular formula is C24H33N5O2. The molecule has 0 saturated carbocycles. The Morgan fingerprint density at radius 2 is 1.68 bits per heavy atom. The lowest BCUT2D eigenvalue weighted by Gasteiger charge is -2.34. The van der Waals surface area contributed by atoms with E-state index in [1.807, 2.05) is 4.57 Å². The molecule has 0 radical (unpaired) electrons. The first-order chi connectivity index (χ1) is 14.7. The number of likely N-dealkylation sites (tertiary alicyclic amines) is 1. The topological polar surface area (TPSA) is 65.1 Å². The summed E-state index contributed by atoms with van der Waals surface area (Å²) in [6.45, 7) is 12.0. The summed E-state index contributed by atoms with van der Waals surface area (Å²) in [5.74, 6) is 2.12. The van der Waals surface area contributed by atoms with E-state index in [4.69, 9.17) is 4.98 Å². The number of benzene rings is 1. The smallest absolute Gasteiger partial charge is 0.317 e. The summed E-state index contributed by atoms with van der Waals surface area (Å²) >= 11 is 0. The number of fused-ring (bicyclic) bond motifs is 1. The van der Waals surface area contributed by atoms with Crippen molar-refractivity contribution in [1.29, 1.82) is 0 Å². The third-order valence-electron chi connectivity index (χ3n) is 6.57. The van der Waals surface area contributed by atoms with Crippen molar-refractivity contribution in [3.05, 3.63) is 61.6 Å². The Bertz CT molecular complexity index is 1240. The number of imidazole rings is 1. The number of nitrogens with zero attached hydrogens (tertiary/aromatic N) is 5. The van der Waals surface area contributed by atoms with E-state index < -0.39 is 0 Å². The molecule has 7 nitrogen and oxygen atoms in total. The number of aryl methyl sites for hydroxylation is 3. The zero-order valence-electron chi connectivity index (χ0n) is 19.5. The van der Waals surface area contributed by atoms with Gasteiger partial charge in [-0.1, -0.05) is 37.6 Å². The minimum Gasteiger partial charge on any atom is -0.317 e. The summed E-state index contributed by atoms with van der Waals surface area (Å²) in [7, 11) is 3.22. The van der Waals surface area contributed by atoms with E-state index in [2.05, 4.69) is 50.8 Å². The summed E-state index contributed by atoms with van der Waals surface area (Å²) in [4.78, 5) is 32.9. The largest absolute Gasteiger partial charge is 0.332 e. The van der Waals surface area contributed by atoms with Gasteiger partial charge in [0.25, 0.3) is 5.56 Å². The molecule has 0 spiro atoms. The minimum absolute atomic E-state index is 0.289. The van der Waals surface area contributed by atoms with E-state index in [1.165, 1.54) is 33.7 Å². The van der Waals surface area contributed by atoms with Gasteiger partial charge < -0.3 is 4.57 Å². The minimum atomic E-state index is -0.347. The second kappa shape index (κ2) is 8.11. The molecule has 0 bridgehead atoms. The zero-order chi connectivity index (χ0) is 22.4. The molecule has 4 rings (SSSR count). The molecule has 1 aliphatic heterocycles. The predicted octanol–water partition coefficient (Wildman–Crippen LogP) is 2.58. The van der Waals surface area contributed by atoms with E-state index in [-0.39, 0.29) is 11.2 Å². The number of piperidine rings is 1. The Hall–Kier alpha value is -2.67. The monoisotopic (exact) mass is 423 g/mol. The Balaban J connectivity index is 1.88. The van der Waals surface area contributed by atoms with Gasteiger partial charge in [0.05, 0.1) is 6.54 Å². The van der Waals surface area contributed by atoms with Crippen LogP contribution in [-0.2, 0) is 27.2 Å². The van der Waals surface area contributed by atoms with Crippen molar-refractivity contribution in [2.45, 2.75) is 47.2 Å². The highest BCUT2D eigenvalue weighted by Crippen LogP contribution is 2.24. The summed E-state index contributed by atoms with van der Waals surface area (Å²) in [5.41, 5.74) is 3.86. The molecule has 0 amide bonds. The van der Waals surface area contributed by atoms with Crippen molar-refractivity contribution in [2.24, 2.45) is 25.9 Å². The normalized spacial score (nSPS) is 19.9. The second-order valence-electron chi connectivity index (χ2n) is 9.56. The van der Waals surface area contributed by atoms with Crippen LogP contribution in [0.1, 0.15) is 42.8 Å². The third kappa shape index (κ3) is 3.99. The molecule has 1 aliphatic rings. The van der Waals surface area contributed by atoms with Gasteiger partial charge in [0.1, 0.15) is 5.82 Å². The van der Waals surface area contributed by atoms with Crippen LogP contribution in [0.3, 0.4) is 0 Å². The fourth-order valence-corrected chi connectivity index (χ4v) is 5.04. The maximum atomic E-state index is 13.1. The zero-order valence-corrected chi connectivity index (χ0v) is 19.5. The predicted molar refractivity (Wildman–Crippen MR) is 123 cm³/mol. The molecule has 2 aromatic heterocycles. The number of rotatable bonds is 4. The molecule has 3 heterocycles. The first-order valence-corrected chi connectivity index (χ1v) is 11.1. The Kier molecular flexibility index (Phi) is 5.64. The van der Waals surface area contributed by atoms with Gasteiger partial charge in [0.2, 0.25) is 0 Å². The van der Waals surface area contributed by atoms with Crippen LogP contribution >= 0.6 is 0 Å². The van der Waals surface area contributed by atoms with Gasteiger partial charge in [-0.15, -0.1) is 0 Å². The first kappa shape index (κ1) is 21.6. The number of aromatic nitrogens is 4. The molecule has 1 saturated heterocycles. The van der Waals surface area contributed by atoms with Crippen molar-refractivity contribution in [2.75, 3.05) is 13.1 Å². The van der Waals surface area contributed by atoms with Gasteiger partial charge in [0, 0.05) is 33.7 Å². The van der Waals surface area contributed by atoms with E-state index >= 15 is 0 Å². The lowest BCUT2D eigenvalue weighted by molar-refractivity contribution is 0.130. The first-order valence-electron chi connectivity index (χ1n) is 11.1. The van der Waals surface area contributed by atoms with Gasteiger partial charge in [-0.25, -0.2) is 9.78 Å². The Labute approximate surface area is 182 Å². The Morgan fingerprint density at radius 1 is 1.00 bits per heavy atom. The lowest BCUT2D eigenvalue weighted by Crippen LogP contribution is -2.39. The van der Waals surface area contributed by atoms with E-state index in [0.717, 1.165) is 24.5 Å². The molecule has 3 aromatic rings. The fraction of sp³-hybridized carbons (Fsp3) is 0.542. The molecule has 1 aromatic carbocycles. The Morgan fingerprint density at radius 3 is 2.35 bits per heavy atom. The molecule has 166 valence electrons. The van der Waals surface area contributed by atoms with E-state index in [9.17, 15) is 9.59 Å². The van der Waals surface area contributed by atoms with Crippen LogP contribution in [0.25, 0.3) is 11.2 Å². The van der Waals surface area contributed by atoms with Gasteiger partial charge in [-0.3, -0.25) is 18.8 Å². The van der Waals surface area contributed by atoms with Crippen molar-refractivity contribution >= 4 is 11.2 Å². The molecule has 0 aliphatic carbocycles. The molecule has 1 fully saturated rings. The highest BCUT2D eigenvalue weighted by molar-refractivity contribution is 5.71. The number of hydrogen-bond acceptors (Lipinski definition) is 4. The van der Waals surface area contributed by atoms with Gasteiger partial charge >= 0.3 is 5.69 Å². The molecule has 2 unspecified atom stereocenters. The van der Waals surface area contributed by atoms with Crippen LogP contribution in [-0.4, -0.2) is 36.7 Å². The van der Waals surface area contributed by atoms with Crippen LogP contribution in [0.15, 0.2) is 27.8 Å². The van der Waals surface area contributed by atoms with Crippen LogP contribution in [0, 0.1) is 25.7 Å². The molecule has 0 N–H and O–H groups in total. The number of hydrogen-bond donors (Lipinski definition) is 0. The molecule has 2 atom stereocenters.